The average Bonchev–Trinajstić information content (AvgIpc) is 3.13. The zero-order valence-electron chi connectivity index (χ0n) is 16.3. The van der Waals surface area contributed by atoms with E-state index in [1.807, 2.05) is 0 Å². The predicted octanol–water partition coefficient (Wildman–Crippen LogP) is 3.28. The number of nitrogens with one attached hydrogen (secondary N) is 1. The van der Waals surface area contributed by atoms with Gasteiger partial charge >= 0.3 is 0 Å². The molecule has 29 heavy (non-hydrogen) atoms. The standard InChI is InChI=1S/C22H23FN4O2/c1-15-9-12-26(13-10-15)22(29)20-25-19(18-8-4-5-11-27(18)20)21(28)24-14-16-6-2-3-7-17(16)23/h2-8,11,15H,9-10,12-14H2,1H3,(H,24,28). The zero-order valence-corrected chi connectivity index (χ0v) is 16.3. The largest absolute Gasteiger partial charge is 0.346 e. The summed E-state index contributed by atoms with van der Waals surface area (Å²) in [6.45, 7) is 3.61. The Bertz CT molecular complexity index is 1050. The van der Waals surface area contributed by atoms with E-state index in [1.165, 1.54) is 6.07 Å². The van der Waals surface area contributed by atoms with Crippen molar-refractivity contribution in [2.45, 2.75) is 26.3 Å². The molecule has 1 aliphatic heterocycles. The van der Waals surface area contributed by atoms with Crippen LogP contribution < -0.4 is 5.32 Å². The molecule has 3 heterocycles. The lowest BCUT2D eigenvalue weighted by atomic mass is 9.99. The topological polar surface area (TPSA) is 66.7 Å². The summed E-state index contributed by atoms with van der Waals surface area (Å²) in [6, 6.07) is 11.6. The van der Waals surface area contributed by atoms with Crippen LogP contribution in [0.2, 0.25) is 0 Å². The van der Waals surface area contributed by atoms with Gasteiger partial charge in [0.2, 0.25) is 5.82 Å². The molecule has 2 aromatic heterocycles. The van der Waals surface area contributed by atoms with Gasteiger partial charge < -0.3 is 10.2 Å². The van der Waals surface area contributed by atoms with Gasteiger partial charge in [0.15, 0.2) is 5.69 Å². The third-order valence-corrected chi connectivity index (χ3v) is 5.42. The number of carbonyl (C=O) groups is 2. The number of benzene rings is 1. The van der Waals surface area contributed by atoms with Crippen molar-refractivity contribution in [1.82, 2.24) is 19.6 Å². The molecule has 6 nitrogen and oxygen atoms in total. The fraction of sp³-hybridized carbons (Fsp3) is 0.318. The van der Waals surface area contributed by atoms with Crippen molar-refractivity contribution in [2.24, 2.45) is 5.92 Å². The molecule has 4 rings (SSSR count). The molecule has 0 unspecified atom stereocenters. The highest BCUT2D eigenvalue weighted by molar-refractivity contribution is 6.02. The SMILES string of the molecule is CC1CCN(C(=O)c2nc(C(=O)NCc3ccccc3F)c3ccccn23)CC1. The van der Waals surface area contributed by atoms with E-state index in [1.54, 1.807) is 51.9 Å². The number of hydrogen-bond acceptors (Lipinski definition) is 3. The van der Waals surface area contributed by atoms with Crippen molar-refractivity contribution >= 4 is 17.3 Å². The number of likely N-dealkylation sites (tertiary alicyclic amines) is 1. The molecule has 3 aromatic rings. The van der Waals surface area contributed by atoms with Crippen LogP contribution in [0.15, 0.2) is 48.7 Å². The lowest BCUT2D eigenvalue weighted by Gasteiger charge is -2.29. The number of rotatable bonds is 4. The van der Waals surface area contributed by atoms with Crippen molar-refractivity contribution in [3.05, 3.63) is 71.6 Å². The molecule has 0 radical (unpaired) electrons. The van der Waals surface area contributed by atoms with E-state index in [0.717, 1.165) is 12.8 Å². The molecule has 0 saturated carbocycles. The fourth-order valence-electron chi connectivity index (χ4n) is 3.61. The Morgan fingerprint density at radius 2 is 1.86 bits per heavy atom. The monoisotopic (exact) mass is 394 g/mol. The Morgan fingerprint density at radius 1 is 1.14 bits per heavy atom. The number of fused-ring (bicyclic) bond motifs is 1. The van der Waals surface area contributed by atoms with Gasteiger partial charge in [-0.25, -0.2) is 9.37 Å². The number of piperidine rings is 1. The normalized spacial score (nSPS) is 14.9. The first-order valence-electron chi connectivity index (χ1n) is 9.82. The second-order valence-electron chi connectivity index (χ2n) is 7.49. The van der Waals surface area contributed by atoms with Crippen molar-refractivity contribution in [3.63, 3.8) is 0 Å². The van der Waals surface area contributed by atoms with Gasteiger partial charge in [-0.3, -0.25) is 14.0 Å². The molecular weight excluding hydrogens is 371 g/mol. The summed E-state index contributed by atoms with van der Waals surface area (Å²) in [5, 5.41) is 2.71. The van der Waals surface area contributed by atoms with E-state index < -0.39 is 5.91 Å². The summed E-state index contributed by atoms with van der Waals surface area (Å²) in [5.41, 5.74) is 1.10. The van der Waals surface area contributed by atoms with Crippen molar-refractivity contribution in [3.8, 4) is 0 Å². The Morgan fingerprint density at radius 3 is 2.62 bits per heavy atom. The van der Waals surface area contributed by atoms with E-state index in [0.29, 0.717) is 30.1 Å². The number of imidazole rings is 1. The highest BCUT2D eigenvalue weighted by Crippen LogP contribution is 2.20. The zero-order chi connectivity index (χ0) is 20.4. The molecule has 1 aliphatic rings. The first-order valence-corrected chi connectivity index (χ1v) is 9.82. The van der Waals surface area contributed by atoms with E-state index in [4.69, 9.17) is 0 Å². The number of halogens is 1. The minimum Gasteiger partial charge on any atom is -0.346 e. The first-order chi connectivity index (χ1) is 14.0. The molecule has 0 atom stereocenters. The van der Waals surface area contributed by atoms with E-state index >= 15 is 0 Å². The van der Waals surface area contributed by atoms with Gasteiger partial charge in [0.25, 0.3) is 11.8 Å². The minimum absolute atomic E-state index is 0.0463. The van der Waals surface area contributed by atoms with Crippen LogP contribution in [0, 0.1) is 11.7 Å². The molecule has 1 saturated heterocycles. The summed E-state index contributed by atoms with van der Waals surface area (Å²) in [6.07, 6.45) is 3.66. The van der Waals surface area contributed by atoms with Gasteiger partial charge in [0, 0.05) is 31.4 Å². The molecular formula is C22H23FN4O2. The molecule has 1 N–H and O–H groups in total. The Hall–Kier alpha value is -3.22. The second-order valence-corrected chi connectivity index (χ2v) is 7.49. The summed E-state index contributed by atoms with van der Waals surface area (Å²) < 4.78 is 15.5. The number of carbonyl (C=O) groups excluding carboxylic acids is 2. The van der Waals surface area contributed by atoms with Gasteiger partial charge in [-0.1, -0.05) is 31.2 Å². The highest BCUT2D eigenvalue weighted by atomic mass is 19.1. The maximum absolute atomic E-state index is 13.8. The predicted molar refractivity (Wildman–Crippen MR) is 107 cm³/mol. The van der Waals surface area contributed by atoms with E-state index in [-0.39, 0.29) is 29.8 Å². The number of pyridine rings is 1. The summed E-state index contributed by atoms with van der Waals surface area (Å²) in [4.78, 5) is 32.0. The molecule has 2 amide bonds. The van der Waals surface area contributed by atoms with Crippen LogP contribution in [-0.4, -0.2) is 39.2 Å². The molecule has 150 valence electrons. The Balaban J connectivity index is 1.59. The third kappa shape index (κ3) is 3.85. The number of nitrogens with zero attached hydrogens (tertiary/aromatic N) is 3. The van der Waals surface area contributed by atoms with Crippen molar-refractivity contribution < 1.29 is 14.0 Å². The molecule has 0 aliphatic carbocycles. The van der Waals surface area contributed by atoms with Crippen LogP contribution in [0.5, 0.6) is 0 Å². The second kappa shape index (κ2) is 8.03. The maximum atomic E-state index is 13.8. The van der Waals surface area contributed by atoms with Crippen LogP contribution in [0.1, 0.15) is 46.4 Å². The molecule has 0 bridgehead atoms. The first kappa shape index (κ1) is 19.1. The third-order valence-electron chi connectivity index (χ3n) is 5.42. The molecule has 7 heteroatoms. The Kier molecular flexibility index (Phi) is 5.29. The highest BCUT2D eigenvalue weighted by Gasteiger charge is 2.27. The van der Waals surface area contributed by atoms with Crippen LogP contribution in [0.4, 0.5) is 4.39 Å². The van der Waals surface area contributed by atoms with Crippen molar-refractivity contribution in [1.29, 1.82) is 0 Å². The van der Waals surface area contributed by atoms with Crippen LogP contribution in [0.3, 0.4) is 0 Å². The van der Waals surface area contributed by atoms with E-state index in [9.17, 15) is 14.0 Å². The van der Waals surface area contributed by atoms with Crippen molar-refractivity contribution in [2.75, 3.05) is 13.1 Å². The van der Waals surface area contributed by atoms with Gasteiger partial charge in [-0.05, 0) is 37.0 Å². The fourth-order valence-corrected chi connectivity index (χ4v) is 3.61. The van der Waals surface area contributed by atoms with Crippen LogP contribution in [-0.2, 0) is 6.54 Å². The number of amides is 2. The van der Waals surface area contributed by atoms with Gasteiger partial charge in [0.1, 0.15) is 5.82 Å². The lowest BCUT2D eigenvalue weighted by Crippen LogP contribution is -2.38. The van der Waals surface area contributed by atoms with Gasteiger partial charge in [-0.2, -0.15) is 0 Å². The smallest absolute Gasteiger partial charge is 0.290 e. The Labute approximate surface area is 168 Å². The summed E-state index contributed by atoms with van der Waals surface area (Å²) >= 11 is 0. The number of aromatic nitrogens is 2. The molecule has 1 aromatic carbocycles. The van der Waals surface area contributed by atoms with Crippen LogP contribution in [0.25, 0.3) is 5.52 Å². The van der Waals surface area contributed by atoms with Gasteiger partial charge in [-0.15, -0.1) is 0 Å². The molecule has 0 spiro atoms. The summed E-state index contributed by atoms with van der Waals surface area (Å²) in [5.74, 6) is -0.158. The number of hydrogen-bond donors (Lipinski definition) is 1. The van der Waals surface area contributed by atoms with Crippen LogP contribution >= 0.6 is 0 Å². The quantitative estimate of drug-likeness (QED) is 0.739. The lowest BCUT2D eigenvalue weighted by molar-refractivity contribution is 0.0684. The minimum atomic E-state index is -0.441. The van der Waals surface area contributed by atoms with Gasteiger partial charge in [0.05, 0.1) is 5.52 Å². The summed E-state index contributed by atoms with van der Waals surface area (Å²) in [7, 11) is 0. The molecule has 1 fully saturated rings. The average molecular weight is 394 g/mol. The van der Waals surface area contributed by atoms with E-state index in [2.05, 4.69) is 17.2 Å². The maximum Gasteiger partial charge on any atom is 0.290 e.